The molecule has 2 aromatic carbocycles. The maximum atomic E-state index is 12.5. The van der Waals surface area contributed by atoms with Crippen LogP contribution in [0.15, 0.2) is 48.5 Å². The fraction of sp³-hybridized carbons (Fsp3) is 0.400. The van der Waals surface area contributed by atoms with Gasteiger partial charge in [-0.3, -0.25) is 4.79 Å². The molecule has 0 bridgehead atoms. The number of amides is 2. The maximum absolute atomic E-state index is 12.5. The molecule has 1 saturated carbocycles. The number of carboxylic acid groups (broad SMARTS) is 1. The van der Waals surface area contributed by atoms with Crippen molar-refractivity contribution in [3.8, 4) is 11.1 Å². The first kappa shape index (κ1) is 22.8. The van der Waals surface area contributed by atoms with Crippen molar-refractivity contribution in [2.24, 2.45) is 5.92 Å². The van der Waals surface area contributed by atoms with E-state index in [9.17, 15) is 14.4 Å². The number of carbonyl (C=O) groups excluding carboxylic acids is 2. The summed E-state index contributed by atoms with van der Waals surface area (Å²) in [4.78, 5) is 36.0. The second-order valence-electron chi connectivity index (χ2n) is 8.61. The molecule has 4 rings (SSSR count). The van der Waals surface area contributed by atoms with Gasteiger partial charge >= 0.3 is 12.1 Å². The van der Waals surface area contributed by atoms with E-state index in [-0.39, 0.29) is 18.6 Å². The molecule has 0 spiro atoms. The number of aliphatic hydroxyl groups excluding tert-OH is 1. The summed E-state index contributed by atoms with van der Waals surface area (Å²) in [6.45, 7) is -0.456. The lowest BCUT2D eigenvalue weighted by atomic mass is 9.85. The van der Waals surface area contributed by atoms with E-state index in [1.165, 1.54) is 0 Å². The SMILES string of the molecule is O=C(N[C@@H]1CCC[C@H](C(=O)N[C@H](CO)C(=O)O)C1)OCC1c2ccccc2-c2ccccc21. The number of benzene rings is 2. The molecule has 0 saturated heterocycles. The monoisotopic (exact) mass is 452 g/mol. The largest absolute Gasteiger partial charge is 0.480 e. The minimum Gasteiger partial charge on any atom is -0.480 e. The number of carbonyl (C=O) groups is 3. The Labute approximate surface area is 192 Å². The summed E-state index contributed by atoms with van der Waals surface area (Å²) in [5.41, 5.74) is 4.59. The van der Waals surface area contributed by atoms with Crippen LogP contribution in [0.1, 0.15) is 42.7 Å². The zero-order valence-electron chi connectivity index (χ0n) is 18.2. The molecule has 0 radical (unpaired) electrons. The highest BCUT2D eigenvalue weighted by atomic mass is 16.5. The van der Waals surface area contributed by atoms with Crippen molar-refractivity contribution in [3.05, 3.63) is 59.7 Å². The number of rotatable bonds is 7. The first-order chi connectivity index (χ1) is 16.0. The number of nitrogens with one attached hydrogen (secondary N) is 2. The predicted octanol–water partition coefficient (Wildman–Crippen LogP) is 2.65. The summed E-state index contributed by atoms with van der Waals surface area (Å²) >= 11 is 0. The quantitative estimate of drug-likeness (QED) is 0.512. The normalized spacial score (nSPS) is 20.3. The molecule has 0 aliphatic heterocycles. The predicted molar refractivity (Wildman–Crippen MR) is 121 cm³/mol. The number of ether oxygens (including phenoxy) is 1. The summed E-state index contributed by atoms with van der Waals surface area (Å²) in [5, 5.41) is 23.3. The number of fused-ring (bicyclic) bond motifs is 3. The molecule has 8 heteroatoms. The number of hydrogen-bond donors (Lipinski definition) is 4. The lowest BCUT2D eigenvalue weighted by molar-refractivity contribution is -0.143. The van der Waals surface area contributed by atoms with E-state index in [2.05, 4.69) is 34.9 Å². The van der Waals surface area contributed by atoms with Crippen LogP contribution in [0, 0.1) is 5.92 Å². The Hall–Kier alpha value is -3.39. The van der Waals surface area contributed by atoms with Gasteiger partial charge in [0.25, 0.3) is 0 Å². The van der Waals surface area contributed by atoms with E-state index in [0.29, 0.717) is 12.8 Å². The molecule has 33 heavy (non-hydrogen) atoms. The number of hydrogen-bond acceptors (Lipinski definition) is 5. The van der Waals surface area contributed by atoms with Gasteiger partial charge in [-0.2, -0.15) is 0 Å². The molecule has 0 heterocycles. The number of carboxylic acids is 1. The Morgan fingerprint density at radius 2 is 1.64 bits per heavy atom. The third-order valence-corrected chi connectivity index (χ3v) is 6.51. The van der Waals surface area contributed by atoms with Crippen molar-refractivity contribution in [2.75, 3.05) is 13.2 Å². The van der Waals surface area contributed by atoms with Gasteiger partial charge in [0.2, 0.25) is 5.91 Å². The Kier molecular flexibility index (Phi) is 6.93. The summed E-state index contributed by atoms with van der Waals surface area (Å²) < 4.78 is 5.59. The zero-order valence-corrected chi connectivity index (χ0v) is 18.2. The van der Waals surface area contributed by atoms with E-state index in [1.54, 1.807) is 0 Å². The Bertz CT molecular complexity index is 994. The molecule has 0 aromatic heterocycles. The number of aliphatic carboxylic acids is 1. The van der Waals surface area contributed by atoms with Crippen molar-refractivity contribution in [1.29, 1.82) is 0 Å². The number of alkyl carbamates (subject to hydrolysis) is 1. The van der Waals surface area contributed by atoms with Crippen molar-refractivity contribution < 1.29 is 29.3 Å². The summed E-state index contributed by atoms with van der Waals surface area (Å²) in [6.07, 6.45) is 1.92. The average molecular weight is 453 g/mol. The van der Waals surface area contributed by atoms with Gasteiger partial charge in [-0.05, 0) is 41.5 Å². The molecule has 2 amide bonds. The van der Waals surface area contributed by atoms with E-state index < -0.39 is 36.5 Å². The highest BCUT2D eigenvalue weighted by molar-refractivity contribution is 5.85. The highest BCUT2D eigenvalue weighted by Crippen LogP contribution is 2.44. The van der Waals surface area contributed by atoms with Gasteiger partial charge in [-0.25, -0.2) is 9.59 Å². The molecule has 1 fully saturated rings. The fourth-order valence-electron chi connectivity index (χ4n) is 4.84. The van der Waals surface area contributed by atoms with E-state index >= 15 is 0 Å². The van der Waals surface area contributed by atoms with E-state index in [0.717, 1.165) is 35.1 Å². The minimum atomic E-state index is -1.33. The summed E-state index contributed by atoms with van der Waals surface area (Å²) in [6, 6.07) is 14.7. The maximum Gasteiger partial charge on any atom is 0.407 e. The van der Waals surface area contributed by atoms with Crippen LogP contribution in [0.4, 0.5) is 4.79 Å². The second-order valence-corrected chi connectivity index (χ2v) is 8.61. The van der Waals surface area contributed by atoms with Crippen molar-refractivity contribution in [2.45, 2.75) is 43.7 Å². The fourth-order valence-corrected chi connectivity index (χ4v) is 4.84. The Morgan fingerprint density at radius 3 is 2.24 bits per heavy atom. The van der Waals surface area contributed by atoms with E-state index in [4.69, 9.17) is 14.9 Å². The van der Waals surface area contributed by atoms with Gasteiger partial charge in [-0.15, -0.1) is 0 Å². The highest BCUT2D eigenvalue weighted by Gasteiger charge is 2.32. The van der Waals surface area contributed by atoms with Crippen LogP contribution in [0.25, 0.3) is 11.1 Å². The van der Waals surface area contributed by atoms with Crippen molar-refractivity contribution in [1.82, 2.24) is 10.6 Å². The molecule has 8 nitrogen and oxygen atoms in total. The molecule has 2 aromatic rings. The van der Waals surface area contributed by atoms with Crippen molar-refractivity contribution >= 4 is 18.0 Å². The standard InChI is InChI=1S/C25H28N2O6/c28-13-22(24(30)31)27-23(29)15-6-5-7-16(12-15)26-25(32)33-14-21-19-10-3-1-8-17(19)18-9-2-4-11-20(18)21/h1-4,8-11,15-16,21-22,28H,5-7,12-14H2,(H,26,32)(H,27,29)(H,30,31)/t15-,16+,22+/m0/s1. The molecule has 0 unspecified atom stereocenters. The lowest BCUT2D eigenvalue weighted by Crippen LogP contribution is -2.48. The minimum absolute atomic E-state index is 0.0283. The van der Waals surface area contributed by atoms with Crippen LogP contribution < -0.4 is 10.6 Å². The molecule has 3 atom stereocenters. The second kappa shape index (κ2) is 10.0. The van der Waals surface area contributed by atoms with E-state index in [1.807, 2.05) is 24.3 Å². The van der Waals surface area contributed by atoms with Crippen molar-refractivity contribution in [3.63, 3.8) is 0 Å². The first-order valence-corrected chi connectivity index (χ1v) is 11.2. The zero-order chi connectivity index (χ0) is 23.4. The van der Waals surface area contributed by atoms with Crippen LogP contribution in [0.3, 0.4) is 0 Å². The van der Waals surface area contributed by atoms with Gasteiger partial charge in [0.05, 0.1) is 6.61 Å². The average Bonchev–Trinajstić information content (AvgIpc) is 3.14. The number of aliphatic hydroxyl groups is 1. The van der Waals surface area contributed by atoms with Gasteiger partial charge < -0.3 is 25.6 Å². The lowest BCUT2D eigenvalue weighted by Gasteiger charge is -2.29. The topological polar surface area (TPSA) is 125 Å². The molecule has 174 valence electrons. The third kappa shape index (κ3) is 5.01. The first-order valence-electron chi connectivity index (χ1n) is 11.2. The van der Waals surface area contributed by atoms with Crippen LogP contribution in [0.2, 0.25) is 0 Å². The molecule has 2 aliphatic carbocycles. The van der Waals surface area contributed by atoms with Crippen LogP contribution in [-0.4, -0.2) is 53.5 Å². The van der Waals surface area contributed by atoms with Crippen LogP contribution in [0.5, 0.6) is 0 Å². The third-order valence-electron chi connectivity index (χ3n) is 6.51. The molecular formula is C25H28N2O6. The smallest absolute Gasteiger partial charge is 0.407 e. The molecular weight excluding hydrogens is 424 g/mol. The Morgan fingerprint density at radius 1 is 1.00 bits per heavy atom. The van der Waals surface area contributed by atoms with Gasteiger partial charge in [0.15, 0.2) is 0 Å². The van der Waals surface area contributed by atoms with Crippen LogP contribution >= 0.6 is 0 Å². The molecule has 2 aliphatic rings. The Balaban J connectivity index is 1.32. The van der Waals surface area contributed by atoms with Gasteiger partial charge in [-0.1, -0.05) is 55.0 Å². The van der Waals surface area contributed by atoms with Gasteiger partial charge in [0.1, 0.15) is 12.6 Å². The van der Waals surface area contributed by atoms with Crippen LogP contribution in [-0.2, 0) is 14.3 Å². The summed E-state index contributed by atoms with van der Waals surface area (Å²) in [5.74, 6) is -2.16. The summed E-state index contributed by atoms with van der Waals surface area (Å²) in [7, 11) is 0. The van der Waals surface area contributed by atoms with Gasteiger partial charge in [0, 0.05) is 17.9 Å². The molecule has 4 N–H and O–H groups in total.